The molecule has 0 spiro atoms. The van der Waals surface area contributed by atoms with Gasteiger partial charge < -0.3 is 43.4 Å². The van der Waals surface area contributed by atoms with Gasteiger partial charge in [0.1, 0.15) is 12.1 Å². The number of aliphatic hydroxyl groups excluding tert-OH is 1. The number of carboxylic acids is 1. The van der Waals surface area contributed by atoms with Gasteiger partial charge in [0, 0.05) is 6.42 Å². The van der Waals surface area contributed by atoms with Crippen molar-refractivity contribution in [3.8, 4) is 0 Å². The zero-order valence-electron chi connectivity index (χ0n) is 19.7. The second kappa shape index (κ2) is 14.4. The van der Waals surface area contributed by atoms with E-state index in [0.717, 1.165) is 12.5 Å². The predicted octanol–water partition coefficient (Wildman–Crippen LogP) is -3.38. The average molecular weight is 509 g/mol. The highest BCUT2D eigenvalue weighted by Gasteiger charge is 2.32. The third-order valence-corrected chi connectivity index (χ3v) is 5.03. The van der Waals surface area contributed by atoms with E-state index in [0.29, 0.717) is 0 Å². The summed E-state index contributed by atoms with van der Waals surface area (Å²) >= 11 is 0. The summed E-state index contributed by atoms with van der Waals surface area (Å²) in [5.41, 5.74) is 17.0. The molecule has 5 atom stereocenters. The highest BCUT2D eigenvalue weighted by atomic mass is 16.4. The van der Waals surface area contributed by atoms with Crippen molar-refractivity contribution < 1.29 is 39.0 Å². The van der Waals surface area contributed by atoms with E-state index < -0.39 is 72.2 Å². The summed E-state index contributed by atoms with van der Waals surface area (Å²) in [5.74, 6) is -6.12. The summed E-state index contributed by atoms with van der Waals surface area (Å²) in [6, 6.07) is 3.04. The molecule has 0 saturated carbocycles. The third-order valence-electron chi connectivity index (χ3n) is 5.03. The fourth-order valence-electron chi connectivity index (χ4n) is 3.12. The van der Waals surface area contributed by atoms with E-state index in [9.17, 15) is 33.9 Å². The number of amides is 5. The molecule has 5 amide bonds. The quantitative estimate of drug-likeness (QED) is 0.117. The van der Waals surface area contributed by atoms with Gasteiger partial charge in [0.15, 0.2) is 6.04 Å². The van der Waals surface area contributed by atoms with Gasteiger partial charge in [-0.1, -0.05) is 30.3 Å². The van der Waals surface area contributed by atoms with Gasteiger partial charge in [-0.05, 0) is 25.3 Å². The number of aliphatic carboxylic acids is 1. The van der Waals surface area contributed by atoms with Crippen LogP contribution in [0.25, 0.3) is 0 Å². The second-order valence-corrected chi connectivity index (χ2v) is 8.16. The van der Waals surface area contributed by atoms with Crippen molar-refractivity contribution in [1.29, 1.82) is 0 Å². The van der Waals surface area contributed by atoms with E-state index in [4.69, 9.17) is 22.3 Å². The Balaban J connectivity index is 3.00. The lowest BCUT2D eigenvalue weighted by Gasteiger charge is -2.25. The highest BCUT2D eigenvalue weighted by molar-refractivity contribution is 5.96. The highest BCUT2D eigenvalue weighted by Crippen LogP contribution is 2.05. The molecule has 0 aliphatic carbocycles. The number of hydrogen-bond donors (Lipinski definition) is 8. The van der Waals surface area contributed by atoms with Gasteiger partial charge >= 0.3 is 5.97 Å². The number of rotatable bonds is 15. The summed E-state index contributed by atoms with van der Waals surface area (Å²) in [6.07, 6.45) is -2.61. The van der Waals surface area contributed by atoms with Crippen LogP contribution in [0.15, 0.2) is 30.3 Å². The number of primary amides is 2. The molecule has 36 heavy (non-hydrogen) atoms. The van der Waals surface area contributed by atoms with E-state index in [1.807, 2.05) is 5.32 Å². The zero-order chi connectivity index (χ0) is 27.4. The Kier molecular flexibility index (Phi) is 12.0. The summed E-state index contributed by atoms with van der Waals surface area (Å²) in [4.78, 5) is 72.1. The molecule has 0 saturated heterocycles. The van der Waals surface area contributed by atoms with Gasteiger partial charge in [-0.3, -0.25) is 24.0 Å². The maximum Gasteiger partial charge on any atom is 0.328 e. The van der Waals surface area contributed by atoms with Crippen LogP contribution in [0.1, 0.15) is 31.7 Å². The maximum absolute atomic E-state index is 12.9. The monoisotopic (exact) mass is 508 g/mol. The number of aliphatic hydroxyl groups is 1. The Bertz CT molecular complexity index is 955. The molecule has 1 aromatic carbocycles. The summed E-state index contributed by atoms with van der Waals surface area (Å²) < 4.78 is 0. The molecule has 1 aromatic rings. The summed E-state index contributed by atoms with van der Waals surface area (Å²) in [5, 5.41) is 25.3. The van der Waals surface area contributed by atoms with E-state index >= 15 is 0 Å². The van der Waals surface area contributed by atoms with Crippen LogP contribution in [0.4, 0.5) is 0 Å². The molecule has 0 aromatic heterocycles. The molecule has 0 aliphatic heterocycles. The molecule has 1 rings (SSSR count). The first-order valence-electron chi connectivity index (χ1n) is 11.0. The smallest absolute Gasteiger partial charge is 0.328 e. The van der Waals surface area contributed by atoms with Crippen LogP contribution in [-0.4, -0.2) is 76.0 Å². The van der Waals surface area contributed by atoms with E-state index in [2.05, 4.69) is 10.6 Å². The first-order chi connectivity index (χ1) is 16.8. The standard InChI is InChI=1S/C22H32N6O8/c1-11(29)18(22(35)36)28-21(34)15(10-17(25)31)27-20(33)14(7-8-16(24)30)26-19(32)13(23)9-12-5-3-2-4-6-12/h2-6,11,13-15,18,29H,7-10,23H2,1H3,(H2,24,30)(H2,25,31)(H,26,32)(H,27,33)(H,28,34)(H,35,36). The minimum absolute atomic E-state index is 0.152. The van der Waals surface area contributed by atoms with E-state index in [1.165, 1.54) is 0 Å². The number of nitrogens with one attached hydrogen (secondary N) is 3. The number of carbonyl (C=O) groups excluding carboxylic acids is 5. The Morgan fingerprint density at radius 1 is 0.861 bits per heavy atom. The number of hydrogen-bond acceptors (Lipinski definition) is 8. The van der Waals surface area contributed by atoms with Crippen LogP contribution in [0.3, 0.4) is 0 Å². The Morgan fingerprint density at radius 2 is 1.42 bits per heavy atom. The average Bonchev–Trinajstić information content (AvgIpc) is 2.78. The van der Waals surface area contributed by atoms with Gasteiger partial charge in [0.05, 0.1) is 18.6 Å². The van der Waals surface area contributed by atoms with Crippen molar-refractivity contribution >= 4 is 35.5 Å². The lowest BCUT2D eigenvalue weighted by molar-refractivity contribution is -0.145. The summed E-state index contributed by atoms with van der Waals surface area (Å²) in [7, 11) is 0. The fourth-order valence-corrected chi connectivity index (χ4v) is 3.12. The van der Waals surface area contributed by atoms with Gasteiger partial charge in [0.25, 0.3) is 0 Å². The predicted molar refractivity (Wildman–Crippen MR) is 125 cm³/mol. The molecular formula is C22H32N6O8. The Morgan fingerprint density at radius 3 is 1.92 bits per heavy atom. The van der Waals surface area contributed by atoms with Crippen LogP contribution in [0.5, 0.6) is 0 Å². The van der Waals surface area contributed by atoms with E-state index in [-0.39, 0.29) is 19.3 Å². The molecule has 0 bridgehead atoms. The van der Waals surface area contributed by atoms with Gasteiger partial charge in [-0.15, -0.1) is 0 Å². The lowest BCUT2D eigenvalue weighted by Crippen LogP contribution is -2.59. The fraction of sp³-hybridized carbons (Fsp3) is 0.455. The van der Waals surface area contributed by atoms with Crippen LogP contribution in [-0.2, 0) is 35.2 Å². The molecule has 11 N–H and O–H groups in total. The normalized spacial score (nSPS) is 14.9. The van der Waals surface area contributed by atoms with Gasteiger partial charge in [0.2, 0.25) is 29.5 Å². The first kappa shape index (κ1) is 30.0. The number of benzene rings is 1. The zero-order valence-corrected chi connectivity index (χ0v) is 19.7. The van der Waals surface area contributed by atoms with Crippen molar-refractivity contribution in [2.24, 2.45) is 17.2 Å². The topological polar surface area (TPSA) is 257 Å². The molecule has 0 aliphatic rings. The Hall–Kier alpha value is -4.04. The van der Waals surface area contributed by atoms with Gasteiger partial charge in [-0.25, -0.2) is 4.79 Å². The molecule has 0 fully saturated rings. The largest absolute Gasteiger partial charge is 0.480 e. The minimum Gasteiger partial charge on any atom is -0.480 e. The van der Waals surface area contributed by atoms with Crippen LogP contribution in [0.2, 0.25) is 0 Å². The lowest BCUT2D eigenvalue weighted by atomic mass is 10.0. The minimum atomic E-state index is -1.73. The van der Waals surface area contributed by atoms with Crippen LogP contribution >= 0.6 is 0 Å². The number of carboxylic acid groups (broad SMARTS) is 1. The first-order valence-corrected chi connectivity index (χ1v) is 11.0. The van der Waals surface area contributed by atoms with Crippen molar-refractivity contribution in [3.05, 3.63) is 35.9 Å². The van der Waals surface area contributed by atoms with Crippen molar-refractivity contribution in [3.63, 3.8) is 0 Å². The number of carbonyl (C=O) groups is 6. The van der Waals surface area contributed by atoms with Crippen molar-refractivity contribution in [1.82, 2.24) is 16.0 Å². The van der Waals surface area contributed by atoms with Crippen molar-refractivity contribution in [2.45, 2.75) is 62.9 Å². The second-order valence-electron chi connectivity index (χ2n) is 8.16. The molecule has 198 valence electrons. The van der Waals surface area contributed by atoms with Crippen LogP contribution in [0, 0.1) is 0 Å². The number of nitrogens with two attached hydrogens (primary N) is 3. The SMILES string of the molecule is CC(O)C(NC(=O)C(CC(N)=O)NC(=O)C(CCC(N)=O)NC(=O)C(N)Cc1ccccc1)C(=O)O. The third kappa shape index (κ3) is 10.5. The summed E-state index contributed by atoms with van der Waals surface area (Å²) in [6.45, 7) is 1.12. The molecule has 0 heterocycles. The van der Waals surface area contributed by atoms with Crippen LogP contribution < -0.4 is 33.2 Å². The van der Waals surface area contributed by atoms with Crippen molar-refractivity contribution in [2.75, 3.05) is 0 Å². The maximum atomic E-state index is 12.9. The molecule has 5 unspecified atom stereocenters. The molecule has 14 heteroatoms. The van der Waals surface area contributed by atoms with E-state index in [1.54, 1.807) is 30.3 Å². The molecule has 0 radical (unpaired) electrons. The Labute approximate surface area is 206 Å². The molecule has 14 nitrogen and oxygen atoms in total. The molecular weight excluding hydrogens is 476 g/mol. The van der Waals surface area contributed by atoms with Gasteiger partial charge in [-0.2, -0.15) is 0 Å².